The molecular weight excluding hydrogens is 174 g/mol. The maximum atomic E-state index is 5.97. The quantitative estimate of drug-likeness (QED) is 0.735. The van der Waals surface area contributed by atoms with Gasteiger partial charge in [-0.3, -0.25) is 0 Å². The van der Waals surface area contributed by atoms with Crippen LogP contribution >= 0.6 is 0 Å². The van der Waals surface area contributed by atoms with Crippen LogP contribution in [-0.4, -0.2) is 24.8 Å². The van der Waals surface area contributed by atoms with Crippen molar-refractivity contribution in [3.05, 3.63) is 0 Å². The molecule has 2 heteroatoms. The monoisotopic (exact) mass is 199 g/mol. The molecule has 1 saturated heterocycles. The topological polar surface area (TPSA) is 21.3 Å². The molecule has 2 unspecified atom stereocenters. The zero-order valence-electron chi connectivity index (χ0n) is 9.94. The zero-order valence-corrected chi connectivity index (χ0v) is 9.94. The summed E-state index contributed by atoms with van der Waals surface area (Å²) < 4.78 is 5.97. The lowest BCUT2D eigenvalue weighted by atomic mass is 9.86. The van der Waals surface area contributed by atoms with Gasteiger partial charge in [-0.1, -0.05) is 20.3 Å². The molecule has 1 aliphatic rings. The lowest BCUT2D eigenvalue weighted by molar-refractivity contribution is -0.0898. The highest BCUT2D eigenvalue weighted by Crippen LogP contribution is 2.29. The van der Waals surface area contributed by atoms with Crippen LogP contribution in [-0.2, 0) is 4.74 Å². The van der Waals surface area contributed by atoms with Crippen LogP contribution in [0.2, 0.25) is 0 Å². The molecule has 2 nitrogen and oxygen atoms in total. The smallest absolute Gasteiger partial charge is 0.0806 e. The molecule has 0 spiro atoms. The summed E-state index contributed by atoms with van der Waals surface area (Å²) in [5.74, 6) is 0. The third-order valence-electron chi connectivity index (χ3n) is 3.26. The fourth-order valence-electron chi connectivity index (χ4n) is 2.39. The maximum Gasteiger partial charge on any atom is 0.0806 e. The summed E-state index contributed by atoms with van der Waals surface area (Å²) in [6, 6.07) is 0.540. The van der Waals surface area contributed by atoms with Crippen LogP contribution in [0.15, 0.2) is 0 Å². The van der Waals surface area contributed by atoms with Crippen molar-refractivity contribution in [1.29, 1.82) is 0 Å². The molecule has 0 saturated carbocycles. The van der Waals surface area contributed by atoms with Crippen molar-refractivity contribution in [2.24, 2.45) is 0 Å². The third kappa shape index (κ3) is 2.96. The Kier molecular flexibility index (Phi) is 4.90. The van der Waals surface area contributed by atoms with Gasteiger partial charge in [0.05, 0.1) is 5.60 Å². The molecule has 1 heterocycles. The van der Waals surface area contributed by atoms with E-state index in [1.54, 1.807) is 0 Å². The Hall–Kier alpha value is -0.0800. The van der Waals surface area contributed by atoms with E-state index in [2.05, 4.69) is 26.1 Å². The molecule has 0 aliphatic carbocycles. The first kappa shape index (κ1) is 12.0. The molecule has 0 aromatic heterocycles. The van der Waals surface area contributed by atoms with Gasteiger partial charge in [0.25, 0.3) is 0 Å². The lowest BCUT2D eigenvalue weighted by Crippen LogP contribution is -2.52. The van der Waals surface area contributed by atoms with Crippen LogP contribution < -0.4 is 5.32 Å². The largest absolute Gasteiger partial charge is 0.374 e. The van der Waals surface area contributed by atoms with Crippen molar-refractivity contribution in [2.75, 3.05) is 13.2 Å². The second-order valence-corrected chi connectivity index (χ2v) is 4.52. The maximum absolute atomic E-state index is 5.97. The van der Waals surface area contributed by atoms with Crippen molar-refractivity contribution in [2.45, 2.75) is 64.5 Å². The van der Waals surface area contributed by atoms with Crippen LogP contribution in [0, 0.1) is 0 Å². The standard InChI is InChI=1S/C12H25NO/c1-4-8-11(13-5-2)12(3)9-6-7-10-14-12/h11,13H,4-10H2,1-3H3. The van der Waals surface area contributed by atoms with Gasteiger partial charge in [-0.15, -0.1) is 0 Å². The Balaban J connectivity index is 2.53. The van der Waals surface area contributed by atoms with E-state index in [4.69, 9.17) is 4.74 Å². The van der Waals surface area contributed by atoms with E-state index in [9.17, 15) is 0 Å². The van der Waals surface area contributed by atoms with Gasteiger partial charge >= 0.3 is 0 Å². The van der Waals surface area contributed by atoms with Gasteiger partial charge in [-0.05, 0) is 39.2 Å². The van der Waals surface area contributed by atoms with E-state index < -0.39 is 0 Å². The number of hydrogen-bond donors (Lipinski definition) is 1. The van der Waals surface area contributed by atoms with Gasteiger partial charge in [0.15, 0.2) is 0 Å². The molecule has 1 N–H and O–H groups in total. The zero-order chi connectivity index (χ0) is 10.4. The van der Waals surface area contributed by atoms with E-state index in [1.807, 2.05) is 0 Å². The van der Waals surface area contributed by atoms with Crippen LogP contribution in [0.1, 0.15) is 52.9 Å². The van der Waals surface area contributed by atoms with E-state index >= 15 is 0 Å². The van der Waals surface area contributed by atoms with Crippen molar-refractivity contribution in [1.82, 2.24) is 5.32 Å². The number of rotatable bonds is 5. The van der Waals surface area contributed by atoms with Gasteiger partial charge in [0, 0.05) is 12.6 Å². The second-order valence-electron chi connectivity index (χ2n) is 4.52. The first-order chi connectivity index (χ1) is 6.73. The van der Waals surface area contributed by atoms with E-state index in [1.165, 1.54) is 32.1 Å². The minimum absolute atomic E-state index is 0.0876. The number of likely N-dealkylation sites (N-methyl/N-ethyl adjacent to an activating group) is 1. The summed E-state index contributed by atoms with van der Waals surface area (Å²) >= 11 is 0. The molecule has 0 bridgehead atoms. The molecule has 1 aliphatic heterocycles. The molecule has 1 fully saturated rings. The van der Waals surface area contributed by atoms with Crippen LogP contribution in [0.3, 0.4) is 0 Å². The van der Waals surface area contributed by atoms with Gasteiger partial charge in [0.1, 0.15) is 0 Å². The van der Waals surface area contributed by atoms with Crippen LogP contribution in [0.5, 0.6) is 0 Å². The van der Waals surface area contributed by atoms with Crippen LogP contribution in [0.25, 0.3) is 0 Å². The normalized spacial score (nSPS) is 30.2. The Morgan fingerprint density at radius 3 is 2.64 bits per heavy atom. The SMILES string of the molecule is CCCC(NCC)C1(C)CCCCO1. The lowest BCUT2D eigenvalue weighted by Gasteiger charge is -2.41. The van der Waals surface area contributed by atoms with Crippen molar-refractivity contribution < 1.29 is 4.74 Å². The highest BCUT2D eigenvalue weighted by molar-refractivity contribution is 4.90. The summed E-state index contributed by atoms with van der Waals surface area (Å²) in [5, 5.41) is 3.57. The Labute approximate surface area is 88.4 Å². The van der Waals surface area contributed by atoms with Gasteiger partial charge in [-0.25, -0.2) is 0 Å². The summed E-state index contributed by atoms with van der Waals surface area (Å²) in [6.45, 7) is 8.69. The number of ether oxygens (including phenoxy) is 1. The number of hydrogen-bond acceptors (Lipinski definition) is 2. The first-order valence-electron chi connectivity index (χ1n) is 6.10. The minimum Gasteiger partial charge on any atom is -0.374 e. The highest BCUT2D eigenvalue weighted by Gasteiger charge is 2.35. The van der Waals surface area contributed by atoms with Crippen molar-refractivity contribution in [3.63, 3.8) is 0 Å². The third-order valence-corrected chi connectivity index (χ3v) is 3.26. The summed E-state index contributed by atoms with van der Waals surface area (Å²) in [5.41, 5.74) is 0.0876. The molecule has 2 atom stereocenters. The molecule has 14 heavy (non-hydrogen) atoms. The summed E-state index contributed by atoms with van der Waals surface area (Å²) in [7, 11) is 0. The van der Waals surface area contributed by atoms with Gasteiger partial charge in [0.2, 0.25) is 0 Å². The molecule has 0 aromatic rings. The fourth-order valence-corrected chi connectivity index (χ4v) is 2.39. The molecule has 84 valence electrons. The van der Waals surface area contributed by atoms with E-state index in [-0.39, 0.29) is 5.60 Å². The molecule has 0 radical (unpaired) electrons. The average Bonchev–Trinajstić information content (AvgIpc) is 2.19. The molecule has 0 amide bonds. The first-order valence-corrected chi connectivity index (χ1v) is 6.10. The average molecular weight is 199 g/mol. The predicted octanol–water partition coefficient (Wildman–Crippen LogP) is 2.72. The van der Waals surface area contributed by atoms with Crippen molar-refractivity contribution in [3.8, 4) is 0 Å². The second kappa shape index (κ2) is 5.72. The minimum atomic E-state index is 0.0876. The Bertz CT molecular complexity index is 146. The molecule has 0 aromatic carbocycles. The van der Waals surface area contributed by atoms with Gasteiger partial charge < -0.3 is 10.1 Å². The summed E-state index contributed by atoms with van der Waals surface area (Å²) in [6.07, 6.45) is 6.23. The molecular formula is C12H25NO. The Morgan fingerprint density at radius 2 is 2.14 bits per heavy atom. The van der Waals surface area contributed by atoms with E-state index in [0.29, 0.717) is 6.04 Å². The summed E-state index contributed by atoms with van der Waals surface area (Å²) in [4.78, 5) is 0. The predicted molar refractivity (Wildman–Crippen MR) is 60.6 cm³/mol. The van der Waals surface area contributed by atoms with E-state index in [0.717, 1.165) is 13.2 Å². The van der Waals surface area contributed by atoms with Crippen molar-refractivity contribution >= 4 is 0 Å². The number of nitrogens with one attached hydrogen (secondary N) is 1. The van der Waals surface area contributed by atoms with Crippen LogP contribution in [0.4, 0.5) is 0 Å². The van der Waals surface area contributed by atoms with Gasteiger partial charge in [-0.2, -0.15) is 0 Å². The molecule has 1 rings (SSSR count). The fraction of sp³-hybridized carbons (Fsp3) is 1.00. The highest BCUT2D eigenvalue weighted by atomic mass is 16.5. The Morgan fingerprint density at radius 1 is 1.36 bits per heavy atom.